The van der Waals surface area contributed by atoms with Crippen LogP contribution in [0.5, 0.6) is 0 Å². The Morgan fingerprint density at radius 2 is 2.08 bits per heavy atom. The molecule has 2 rings (SSSR count). The van der Waals surface area contributed by atoms with E-state index in [9.17, 15) is 14.0 Å². The van der Waals surface area contributed by atoms with Crippen LogP contribution in [0.3, 0.4) is 0 Å². The molecule has 10 heteroatoms. The highest BCUT2D eigenvalue weighted by Crippen LogP contribution is 2.27. The minimum Gasteiger partial charge on any atom is -0.355 e. The van der Waals surface area contributed by atoms with E-state index in [4.69, 9.17) is 0 Å². The molecule has 0 saturated carbocycles. The molecule has 2 aromatic rings. The van der Waals surface area contributed by atoms with Gasteiger partial charge in [0.05, 0.1) is 12.3 Å². The van der Waals surface area contributed by atoms with Crippen molar-refractivity contribution in [1.29, 1.82) is 0 Å². The quantitative estimate of drug-likeness (QED) is 0.614. The molecule has 0 unspecified atom stereocenters. The predicted molar refractivity (Wildman–Crippen MR) is 92.0 cm³/mol. The lowest BCUT2D eigenvalue weighted by Gasteiger charge is -2.04. The third kappa shape index (κ3) is 6.13. The Kier molecular flexibility index (Phi) is 6.94. The molecule has 0 atom stereocenters. The molecule has 0 spiro atoms. The zero-order valence-electron chi connectivity index (χ0n) is 12.8. The second-order valence-electron chi connectivity index (χ2n) is 4.53. The Balaban J connectivity index is 1.77. The van der Waals surface area contributed by atoms with E-state index in [0.29, 0.717) is 21.7 Å². The highest BCUT2D eigenvalue weighted by Gasteiger charge is 2.09. The van der Waals surface area contributed by atoms with E-state index < -0.39 is 0 Å². The minimum atomic E-state index is -0.345. The summed E-state index contributed by atoms with van der Waals surface area (Å²) in [7, 11) is 0. The van der Waals surface area contributed by atoms with Gasteiger partial charge in [0.15, 0.2) is 4.34 Å². The summed E-state index contributed by atoms with van der Waals surface area (Å²) in [5, 5.41) is 16.4. The van der Waals surface area contributed by atoms with Gasteiger partial charge in [-0.2, -0.15) is 0 Å². The number of hydrogen-bond donors (Lipinski definition) is 3. The number of halogens is 1. The van der Waals surface area contributed by atoms with Gasteiger partial charge in [0.2, 0.25) is 16.9 Å². The van der Waals surface area contributed by atoms with Crippen LogP contribution in [0.2, 0.25) is 0 Å². The summed E-state index contributed by atoms with van der Waals surface area (Å²) in [6.07, 6.45) is 0. The van der Waals surface area contributed by atoms with Crippen molar-refractivity contribution in [3.8, 4) is 0 Å². The van der Waals surface area contributed by atoms with Crippen molar-refractivity contribution in [2.45, 2.75) is 11.3 Å². The number of likely N-dealkylation sites (N-methyl/N-ethyl adjacent to an activating group) is 1. The van der Waals surface area contributed by atoms with Crippen LogP contribution in [-0.4, -0.2) is 40.9 Å². The largest absolute Gasteiger partial charge is 0.355 e. The van der Waals surface area contributed by atoms with E-state index in [1.165, 1.54) is 35.2 Å². The first-order chi connectivity index (χ1) is 11.6. The number of benzene rings is 1. The van der Waals surface area contributed by atoms with Crippen molar-refractivity contribution >= 4 is 45.7 Å². The molecule has 0 radical (unpaired) electrons. The average Bonchev–Trinajstić information content (AvgIpc) is 2.99. The van der Waals surface area contributed by atoms with Gasteiger partial charge in [-0.1, -0.05) is 29.2 Å². The van der Waals surface area contributed by atoms with Gasteiger partial charge in [-0.3, -0.25) is 9.59 Å². The van der Waals surface area contributed by atoms with E-state index in [-0.39, 0.29) is 29.9 Å². The molecule has 0 bridgehead atoms. The summed E-state index contributed by atoms with van der Waals surface area (Å²) >= 11 is 2.47. The third-order valence-corrected chi connectivity index (χ3v) is 4.60. The van der Waals surface area contributed by atoms with Crippen molar-refractivity contribution < 1.29 is 14.0 Å². The number of anilines is 2. The van der Waals surface area contributed by atoms with Crippen LogP contribution in [0.1, 0.15) is 6.92 Å². The zero-order valence-corrected chi connectivity index (χ0v) is 14.5. The number of thioether (sulfide) groups is 1. The Bertz CT molecular complexity index is 710. The molecule has 1 aromatic heterocycles. The maximum Gasteiger partial charge on any atom is 0.239 e. The lowest BCUT2D eigenvalue weighted by atomic mass is 10.3. The molecule has 0 aliphatic heterocycles. The Labute approximate surface area is 146 Å². The number of carbonyl (C=O) groups excluding carboxylic acids is 2. The van der Waals surface area contributed by atoms with E-state index in [2.05, 4.69) is 26.1 Å². The van der Waals surface area contributed by atoms with Crippen molar-refractivity contribution in [1.82, 2.24) is 20.8 Å². The number of amides is 2. The van der Waals surface area contributed by atoms with Crippen molar-refractivity contribution in [3.05, 3.63) is 30.1 Å². The van der Waals surface area contributed by atoms with Crippen LogP contribution in [0.15, 0.2) is 28.6 Å². The molecule has 0 aliphatic rings. The number of carbonyl (C=O) groups is 2. The van der Waals surface area contributed by atoms with Crippen molar-refractivity contribution in [2.75, 3.05) is 24.2 Å². The molecule has 128 valence electrons. The van der Waals surface area contributed by atoms with Gasteiger partial charge in [0, 0.05) is 12.2 Å². The fourth-order valence-electron chi connectivity index (χ4n) is 1.63. The topological polar surface area (TPSA) is 96.0 Å². The smallest absolute Gasteiger partial charge is 0.239 e. The van der Waals surface area contributed by atoms with Gasteiger partial charge in [-0.15, -0.1) is 10.2 Å². The Morgan fingerprint density at radius 1 is 1.25 bits per heavy atom. The minimum absolute atomic E-state index is 0.0459. The van der Waals surface area contributed by atoms with Gasteiger partial charge in [-0.25, -0.2) is 4.39 Å². The van der Waals surface area contributed by atoms with Crippen LogP contribution in [-0.2, 0) is 9.59 Å². The molecular weight excluding hydrogens is 353 g/mol. The maximum atomic E-state index is 13.1. The van der Waals surface area contributed by atoms with Crippen LogP contribution < -0.4 is 16.0 Å². The summed E-state index contributed by atoms with van der Waals surface area (Å²) in [4.78, 5) is 22.9. The molecule has 1 aromatic carbocycles. The molecule has 24 heavy (non-hydrogen) atoms. The summed E-state index contributed by atoms with van der Waals surface area (Å²) in [6.45, 7) is 2.28. The summed E-state index contributed by atoms with van der Waals surface area (Å²) in [5.74, 6) is -0.703. The number of hydrogen-bond acceptors (Lipinski definition) is 7. The third-order valence-electron chi connectivity index (χ3n) is 2.63. The molecule has 0 aliphatic carbocycles. The molecule has 3 N–H and O–H groups in total. The summed E-state index contributed by atoms with van der Waals surface area (Å²) in [6, 6.07) is 6.01. The Morgan fingerprint density at radius 3 is 2.83 bits per heavy atom. The van der Waals surface area contributed by atoms with Crippen LogP contribution >= 0.6 is 23.1 Å². The lowest BCUT2D eigenvalue weighted by molar-refractivity contribution is -0.124. The number of nitrogens with one attached hydrogen (secondary N) is 3. The Hall–Kier alpha value is -2.20. The van der Waals surface area contributed by atoms with Crippen LogP contribution in [0.4, 0.5) is 15.2 Å². The molecule has 1 heterocycles. The van der Waals surface area contributed by atoms with Gasteiger partial charge < -0.3 is 16.0 Å². The lowest BCUT2D eigenvalue weighted by Crippen LogP contribution is -2.37. The fraction of sp³-hybridized carbons (Fsp3) is 0.286. The standard InChI is InChI=1S/C14H16FN5O2S2/c1-2-16-11(21)7-17-12(22)8-23-14-20-19-13(24-14)18-10-5-3-4-9(15)6-10/h3-6H,2,7-8H2,1H3,(H,16,21)(H,17,22)(H,18,19). The van der Waals surface area contributed by atoms with Crippen LogP contribution in [0.25, 0.3) is 0 Å². The fourth-order valence-corrected chi connectivity index (χ4v) is 3.23. The summed E-state index contributed by atoms with van der Waals surface area (Å²) < 4.78 is 13.7. The van der Waals surface area contributed by atoms with Crippen molar-refractivity contribution in [3.63, 3.8) is 0 Å². The summed E-state index contributed by atoms with van der Waals surface area (Å²) in [5.41, 5.74) is 0.572. The van der Waals surface area contributed by atoms with Gasteiger partial charge in [-0.05, 0) is 25.1 Å². The first-order valence-electron chi connectivity index (χ1n) is 7.09. The molecule has 7 nitrogen and oxygen atoms in total. The highest BCUT2D eigenvalue weighted by atomic mass is 32.2. The molecule has 2 amide bonds. The van der Waals surface area contributed by atoms with E-state index in [1.807, 2.05) is 0 Å². The van der Waals surface area contributed by atoms with Crippen molar-refractivity contribution in [2.24, 2.45) is 0 Å². The normalized spacial score (nSPS) is 10.2. The molecular formula is C14H16FN5O2S2. The predicted octanol–water partition coefficient (Wildman–Crippen LogP) is 1.77. The highest BCUT2D eigenvalue weighted by molar-refractivity contribution is 8.01. The first-order valence-corrected chi connectivity index (χ1v) is 8.89. The SMILES string of the molecule is CCNC(=O)CNC(=O)CSc1nnc(Nc2cccc(F)c2)s1. The monoisotopic (exact) mass is 369 g/mol. The van der Waals surface area contributed by atoms with E-state index in [0.717, 1.165) is 0 Å². The first kappa shape index (κ1) is 18.1. The molecule has 0 fully saturated rings. The van der Waals surface area contributed by atoms with E-state index in [1.54, 1.807) is 19.1 Å². The molecule has 0 saturated heterocycles. The maximum absolute atomic E-state index is 13.1. The number of rotatable bonds is 8. The number of nitrogens with zero attached hydrogens (tertiary/aromatic N) is 2. The van der Waals surface area contributed by atoms with Crippen LogP contribution in [0, 0.1) is 5.82 Å². The van der Waals surface area contributed by atoms with Gasteiger partial charge in [0.25, 0.3) is 0 Å². The average molecular weight is 369 g/mol. The number of aromatic nitrogens is 2. The second kappa shape index (κ2) is 9.18. The zero-order chi connectivity index (χ0) is 17.4. The van der Waals surface area contributed by atoms with Gasteiger partial charge >= 0.3 is 0 Å². The van der Waals surface area contributed by atoms with Gasteiger partial charge in [0.1, 0.15) is 5.82 Å². The second-order valence-corrected chi connectivity index (χ2v) is 6.73. The van der Waals surface area contributed by atoms with E-state index >= 15 is 0 Å².